The fourth-order valence-electron chi connectivity index (χ4n) is 0.873. The quantitative estimate of drug-likeness (QED) is 0.677. The number of unbranched alkanes of at least 4 members (excludes halogenated alkanes) is 1. The van der Waals surface area contributed by atoms with Gasteiger partial charge in [0.25, 0.3) is 0 Å². The van der Waals surface area contributed by atoms with Crippen molar-refractivity contribution in [3.8, 4) is 0 Å². The van der Waals surface area contributed by atoms with Gasteiger partial charge in [-0.1, -0.05) is 25.1 Å². The summed E-state index contributed by atoms with van der Waals surface area (Å²) < 4.78 is 0. The Morgan fingerprint density at radius 2 is 2.42 bits per heavy atom. The van der Waals surface area contributed by atoms with Crippen LogP contribution in [0.15, 0.2) is 4.99 Å². The fraction of sp³-hybridized carbons (Fsp3) is 0.750. The number of carbonyl (C=O) groups excluding carboxylic acids is 1. The first-order valence-electron chi connectivity index (χ1n) is 4.26. The highest BCUT2D eigenvalue weighted by molar-refractivity contribution is 8.15. The van der Waals surface area contributed by atoms with Crippen LogP contribution in [0.5, 0.6) is 0 Å². The average molecular weight is 186 g/mol. The zero-order valence-corrected chi connectivity index (χ0v) is 8.28. The molecular formula is C8H14N2OS. The van der Waals surface area contributed by atoms with Crippen molar-refractivity contribution in [1.82, 2.24) is 5.32 Å². The highest BCUT2D eigenvalue weighted by Gasteiger charge is 2.25. The average Bonchev–Trinajstić information content (AvgIpc) is 2.32. The van der Waals surface area contributed by atoms with Gasteiger partial charge in [0.2, 0.25) is 5.91 Å². The van der Waals surface area contributed by atoms with Crippen LogP contribution in [0, 0.1) is 0 Å². The molecule has 1 unspecified atom stereocenters. The van der Waals surface area contributed by atoms with Gasteiger partial charge in [-0.15, -0.1) is 0 Å². The Hall–Kier alpha value is -0.510. The Labute approximate surface area is 77.0 Å². The van der Waals surface area contributed by atoms with E-state index in [1.165, 1.54) is 11.8 Å². The standard InChI is InChI=1S/C8H14N2OS/c1-3-4-5-9-8-10-7(11)6(2)12-8/h6H,3-5H2,1-2H3,(H,9,10,11). The zero-order valence-electron chi connectivity index (χ0n) is 7.46. The molecule has 0 aromatic heterocycles. The van der Waals surface area contributed by atoms with Gasteiger partial charge in [0, 0.05) is 6.54 Å². The van der Waals surface area contributed by atoms with E-state index in [1.54, 1.807) is 0 Å². The summed E-state index contributed by atoms with van der Waals surface area (Å²) in [5.74, 6) is 0.0789. The second kappa shape index (κ2) is 4.50. The minimum atomic E-state index is 0.0328. The van der Waals surface area contributed by atoms with Gasteiger partial charge in [-0.05, 0) is 13.3 Å². The van der Waals surface area contributed by atoms with Crippen molar-refractivity contribution in [2.24, 2.45) is 4.99 Å². The molecule has 1 atom stereocenters. The summed E-state index contributed by atoms with van der Waals surface area (Å²) in [6.07, 6.45) is 2.24. The first-order chi connectivity index (χ1) is 5.74. The van der Waals surface area contributed by atoms with E-state index in [9.17, 15) is 4.79 Å². The minimum Gasteiger partial charge on any atom is -0.304 e. The van der Waals surface area contributed by atoms with Crippen LogP contribution in [0.2, 0.25) is 0 Å². The van der Waals surface area contributed by atoms with Crippen LogP contribution in [0.1, 0.15) is 26.7 Å². The molecule has 1 aliphatic rings. The van der Waals surface area contributed by atoms with Crippen LogP contribution in [-0.2, 0) is 4.79 Å². The Kier molecular flexibility index (Phi) is 3.59. The van der Waals surface area contributed by atoms with Gasteiger partial charge in [0.15, 0.2) is 5.17 Å². The van der Waals surface area contributed by atoms with Crippen molar-refractivity contribution < 1.29 is 4.79 Å². The summed E-state index contributed by atoms with van der Waals surface area (Å²) in [6.45, 7) is 4.84. The molecule has 12 heavy (non-hydrogen) atoms. The van der Waals surface area contributed by atoms with Gasteiger partial charge in [-0.25, -0.2) is 0 Å². The van der Waals surface area contributed by atoms with Gasteiger partial charge in [0.05, 0.1) is 5.25 Å². The van der Waals surface area contributed by atoms with E-state index >= 15 is 0 Å². The molecule has 1 saturated heterocycles. The van der Waals surface area contributed by atoms with E-state index in [0.29, 0.717) is 0 Å². The number of amidine groups is 1. The van der Waals surface area contributed by atoms with E-state index < -0.39 is 0 Å². The normalized spacial score (nSPS) is 26.3. The van der Waals surface area contributed by atoms with E-state index in [4.69, 9.17) is 0 Å². The lowest BCUT2D eigenvalue weighted by atomic mass is 10.3. The monoisotopic (exact) mass is 186 g/mol. The van der Waals surface area contributed by atoms with Crippen molar-refractivity contribution in [3.05, 3.63) is 0 Å². The topological polar surface area (TPSA) is 41.5 Å². The maximum absolute atomic E-state index is 11.0. The van der Waals surface area contributed by atoms with Crippen LogP contribution in [0.4, 0.5) is 0 Å². The third kappa shape index (κ3) is 2.52. The third-order valence-corrected chi connectivity index (χ3v) is 2.68. The summed E-state index contributed by atoms with van der Waals surface area (Å²) in [6, 6.07) is 0. The number of aliphatic imine (C=N–C) groups is 1. The first-order valence-corrected chi connectivity index (χ1v) is 5.14. The maximum atomic E-state index is 11.0. The first kappa shape index (κ1) is 9.58. The second-order valence-corrected chi connectivity index (χ2v) is 4.12. The number of nitrogens with one attached hydrogen (secondary N) is 1. The summed E-state index contributed by atoms with van der Waals surface area (Å²) in [5, 5.41) is 3.56. The summed E-state index contributed by atoms with van der Waals surface area (Å²) in [7, 11) is 0. The molecule has 0 aromatic rings. The Balaban J connectivity index is 2.35. The molecule has 1 aliphatic heterocycles. The van der Waals surface area contributed by atoms with Crippen molar-refractivity contribution in [2.45, 2.75) is 31.9 Å². The molecule has 68 valence electrons. The predicted octanol–water partition coefficient (Wildman–Crippen LogP) is 1.39. The molecule has 0 spiro atoms. The van der Waals surface area contributed by atoms with E-state index in [2.05, 4.69) is 17.2 Å². The largest absolute Gasteiger partial charge is 0.304 e. The molecule has 1 N–H and O–H groups in total. The van der Waals surface area contributed by atoms with E-state index in [0.717, 1.165) is 24.6 Å². The minimum absolute atomic E-state index is 0.0328. The number of rotatable bonds is 3. The zero-order chi connectivity index (χ0) is 8.97. The molecule has 0 saturated carbocycles. The number of hydrogen-bond donors (Lipinski definition) is 1. The summed E-state index contributed by atoms with van der Waals surface area (Å²) in [5.41, 5.74) is 0. The molecule has 0 aliphatic carbocycles. The lowest BCUT2D eigenvalue weighted by molar-refractivity contribution is -0.118. The number of thioether (sulfide) groups is 1. The second-order valence-electron chi connectivity index (χ2n) is 2.79. The number of amides is 1. The molecule has 3 nitrogen and oxygen atoms in total. The molecule has 0 bridgehead atoms. The fourth-order valence-corrected chi connectivity index (χ4v) is 1.70. The molecule has 1 amide bonds. The van der Waals surface area contributed by atoms with Crippen molar-refractivity contribution >= 4 is 22.8 Å². The van der Waals surface area contributed by atoms with Gasteiger partial charge >= 0.3 is 0 Å². The number of hydrogen-bond acceptors (Lipinski definition) is 3. The van der Waals surface area contributed by atoms with Gasteiger partial charge in [-0.2, -0.15) is 0 Å². The SMILES string of the molecule is CCCCN=C1NC(=O)C(C)S1. The summed E-state index contributed by atoms with van der Waals surface area (Å²) >= 11 is 1.51. The Morgan fingerprint density at radius 1 is 1.67 bits per heavy atom. The number of nitrogens with zero attached hydrogens (tertiary/aromatic N) is 1. The van der Waals surface area contributed by atoms with Crippen LogP contribution >= 0.6 is 11.8 Å². The van der Waals surface area contributed by atoms with Gasteiger partial charge < -0.3 is 5.32 Å². The van der Waals surface area contributed by atoms with Crippen LogP contribution in [0.3, 0.4) is 0 Å². The van der Waals surface area contributed by atoms with Crippen molar-refractivity contribution in [2.75, 3.05) is 6.54 Å². The maximum Gasteiger partial charge on any atom is 0.239 e. The van der Waals surface area contributed by atoms with Crippen LogP contribution in [0.25, 0.3) is 0 Å². The van der Waals surface area contributed by atoms with Crippen LogP contribution in [-0.4, -0.2) is 22.9 Å². The molecule has 0 aromatic carbocycles. The van der Waals surface area contributed by atoms with E-state index in [1.807, 2.05) is 6.92 Å². The summed E-state index contributed by atoms with van der Waals surface area (Å²) in [4.78, 5) is 15.3. The molecule has 1 fully saturated rings. The third-order valence-electron chi connectivity index (χ3n) is 1.65. The highest BCUT2D eigenvalue weighted by Crippen LogP contribution is 2.18. The van der Waals surface area contributed by atoms with Gasteiger partial charge in [-0.3, -0.25) is 9.79 Å². The molecule has 0 radical (unpaired) electrons. The van der Waals surface area contributed by atoms with E-state index in [-0.39, 0.29) is 11.2 Å². The van der Waals surface area contributed by atoms with Gasteiger partial charge in [0.1, 0.15) is 0 Å². The molecular weight excluding hydrogens is 172 g/mol. The van der Waals surface area contributed by atoms with Crippen molar-refractivity contribution in [1.29, 1.82) is 0 Å². The number of carbonyl (C=O) groups is 1. The Bertz CT molecular complexity index is 203. The Morgan fingerprint density at radius 3 is 2.92 bits per heavy atom. The van der Waals surface area contributed by atoms with Crippen molar-refractivity contribution in [3.63, 3.8) is 0 Å². The predicted molar refractivity (Wildman–Crippen MR) is 52.4 cm³/mol. The highest BCUT2D eigenvalue weighted by atomic mass is 32.2. The molecule has 1 rings (SSSR count). The smallest absolute Gasteiger partial charge is 0.239 e. The lowest BCUT2D eigenvalue weighted by Gasteiger charge is -1.94. The molecule has 1 heterocycles. The molecule has 4 heteroatoms. The van der Waals surface area contributed by atoms with Crippen LogP contribution < -0.4 is 5.32 Å². The lowest BCUT2D eigenvalue weighted by Crippen LogP contribution is -2.23.